The number of nitroso groups, excluding NO2 is 1. The lowest BCUT2D eigenvalue weighted by atomic mass is 10.2. The predicted molar refractivity (Wildman–Crippen MR) is 51.0 cm³/mol. The van der Waals surface area contributed by atoms with Gasteiger partial charge in [-0.3, -0.25) is 9.63 Å². The second-order valence-electron chi connectivity index (χ2n) is 2.74. The molecule has 0 aliphatic heterocycles. The van der Waals surface area contributed by atoms with E-state index in [4.69, 9.17) is 0 Å². The molecular weight excluding hydrogens is 203 g/mol. The van der Waals surface area contributed by atoms with Gasteiger partial charge in [0.1, 0.15) is 5.69 Å². The van der Waals surface area contributed by atoms with Gasteiger partial charge < -0.3 is 0 Å². The smallest absolute Gasteiger partial charge is 0.274 e. The Balaban J connectivity index is 3.02. The van der Waals surface area contributed by atoms with E-state index in [1.165, 1.54) is 20.2 Å². The fourth-order valence-corrected chi connectivity index (χ4v) is 0.979. The summed E-state index contributed by atoms with van der Waals surface area (Å²) >= 11 is 0. The number of carbonyl (C=O) groups is 1. The summed E-state index contributed by atoms with van der Waals surface area (Å²) in [6.07, 6.45) is 0. The molecule has 0 bridgehead atoms. The van der Waals surface area contributed by atoms with Crippen molar-refractivity contribution in [1.82, 2.24) is 5.06 Å². The number of halogens is 1. The highest BCUT2D eigenvalue weighted by Crippen LogP contribution is 2.19. The van der Waals surface area contributed by atoms with Crippen LogP contribution in [0.4, 0.5) is 10.1 Å². The van der Waals surface area contributed by atoms with Crippen LogP contribution in [0.5, 0.6) is 0 Å². The number of amides is 1. The van der Waals surface area contributed by atoms with Gasteiger partial charge in [-0.2, -0.15) is 0 Å². The van der Waals surface area contributed by atoms with Crippen LogP contribution in [0.25, 0.3) is 0 Å². The molecule has 0 fully saturated rings. The van der Waals surface area contributed by atoms with Crippen LogP contribution < -0.4 is 0 Å². The Kier molecular flexibility index (Phi) is 3.46. The summed E-state index contributed by atoms with van der Waals surface area (Å²) in [7, 11) is 2.71. The van der Waals surface area contributed by atoms with Crippen molar-refractivity contribution in [3.05, 3.63) is 34.5 Å². The van der Waals surface area contributed by atoms with Gasteiger partial charge in [-0.15, -0.1) is 4.91 Å². The maximum absolute atomic E-state index is 13.1. The van der Waals surface area contributed by atoms with Gasteiger partial charge in [-0.25, -0.2) is 9.45 Å². The molecule has 0 saturated carbocycles. The quantitative estimate of drug-likeness (QED) is 0.567. The maximum atomic E-state index is 13.1. The zero-order chi connectivity index (χ0) is 11.4. The Bertz CT molecular complexity index is 395. The first-order valence-corrected chi connectivity index (χ1v) is 4.05. The molecular formula is C9H9FN2O3. The van der Waals surface area contributed by atoms with E-state index in [-0.39, 0.29) is 11.3 Å². The summed E-state index contributed by atoms with van der Waals surface area (Å²) in [5, 5.41) is 3.40. The number of benzene rings is 1. The zero-order valence-corrected chi connectivity index (χ0v) is 8.23. The second-order valence-corrected chi connectivity index (χ2v) is 2.74. The van der Waals surface area contributed by atoms with Crippen molar-refractivity contribution in [2.45, 2.75) is 0 Å². The molecule has 1 rings (SSSR count). The van der Waals surface area contributed by atoms with Gasteiger partial charge in [0.15, 0.2) is 5.82 Å². The Morgan fingerprint density at radius 1 is 1.53 bits per heavy atom. The van der Waals surface area contributed by atoms with E-state index in [0.29, 0.717) is 0 Å². The van der Waals surface area contributed by atoms with E-state index in [9.17, 15) is 14.1 Å². The second kappa shape index (κ2) is 4.61. The van der Waals surface area contributed by atoms with Crippen LogP contribution in [0.1, 0.15) is 10.4 Å². The molecule has 6 heteroatoms. The summed E-state index contributed by atoms with van der Waals surface area (Å²) in [5.41, 5.74) is -0.240. The number of hydrogen-bond donors (Lipinski definition) is 0. The molecule has 1 amide bonds. The van der Waals surface area contributed by atoms with Gasteiger partial charge in [0, 0.05) is 12.6 Å². The van der Waals surface area contributed by atoms with Gasteiger partial charge in [0.2, 0.25) is 0 Å². The summed E-state index contributed by atoms with van der Waals surface area (Å²) in [5.74, 6) is -1.34. The third-order valence-electron chi connectivity index (χ3n) is 1.85. The third-order valence-corrected chi connectivity index (χ3v) is 1.85. The number of hydrogen-bond acceptors (Lipinski definition) is 4. The van der Waals surface area contributed by atoms with Crippen molar-refractivity contribution in [2.24, 2.45) is 5.18 Å². The Morgan fingerprint density at radius 2 is 2.20 bits per heavy atom. The van der Waals surface area contributed by atoms with Crippen LogP contribution in [0, 0.1) is 10.7 Å². The van der Waals surface area contributed by atoms with Crippen LogP contribution in [-0.2, 0) is 4.84 Å². The van der Waals surface area contributed by atoms with Gasteiger partial charge in [0.05, 0.1) is 7.11 Å². The van der Waals surface area contributed by atoms with Gasteiger partial charge in [-0.1, -0.05) is 0 Å². The van der Waals surface area contributed by atoms with Crippen LogP contribution >= 0.6 is 0 Å². The van der Waals surface area contributed by atoms with E-state index < -0.39 is 11.7 Å². The molecule has 0 radical (unpaired) electrons. The molecule has 15 heavy (non-hydrogen) atoms. The molecule has 0 aromatic heterocycles. The average molecular weight is 212 g/mol. The Morgan fingerprint density at radius 3 is 2.67 bits per heavy atom. The van der Waals surface area contributed by atoms with Crippen molar-refractivity contribution in [2.75, 3.05) is 14.2 Å². The fraction of sp³-hybridized carbons (Fsp3) is 0.222. The molecule has 0 atom stereocenters. The van der Waals surface area contributed by atoms with E-state index in [1.54, 1.807) is 0 Å². The summed E-state index contributed by atoms with van der Waals surface area (Å²) in [6, 6.07) is 3.38. The normalized spacial score (nSPS) is 9.80. The lowest BCUT2D eigenvalue weighted by molar-refractivity contribution is -0.0757. The topological polar surface area (TPSA) is 59.0 Å². The van der Waals surface area contributed by atoms with Gasteiger partial charge >= 0.3 is 0 Å². The molecule has 0 aliphatic carbocycles. The summed E-state index contributed by atoms with van der Waals surface area (Å²) < 4.78 is 13.1. The minimum absolute atomic E-state index is 0.0873. The van der Waals surface area contributed by atoms with E-state index in [2.05, 4.69) is 10.0 Å². The summed E-state index contributed by atoms with van der Waals surface area (Å²) in [6.45, 7) is 0. The lowest BCUT2D eigenvalue weighted by Crippen LogP contribution is -2.25. The molecule has 0 unspecified atom stereocenters. The first-order chi connectivity index (χ1) is 7.10. The van der Waals surface area contributed by atoms with Crippen LogP contribution in [0.15, 0.2) is 23.4 Å². The highest BCUT2D eigenvalue weighted by atomic mass is 19.1. The van der Waals surface area contributed by atoms with Gasteiger partial charge in [0.25, 0.3) is 5.91 Å². The molecule has 0 N–H and O–H groups in total. The largest absolute Gasteiger partial charge is 0.277 e. The number of rotatable bonds is 3. The first kappa shape index (κ1) is 11.3. The van der Waals surface area contributed by atoms with Crippen molar-refractivity contribution in [1.29, 1.82) is 0 Å². The van der Waals surface area contributed by atoms with Crippen molar-refractivity contribution >= 4 is 11.6 Å². The molecule has 5 nitrogen and oxygen atoms in total. The van der Waals surface area contributed by atoms with Crippen LogP contribution in [0.2, 0.25) is 0 Å². The van der Waals surface area contributed by atoms with E-state index in [0.717, 1.165) is 17.2 Å². The predicted octanol–water partition coefficient (Wildman–Crippen LogP) is 1.86. The third kappa shape index (κ3) is 2.35. The number of nitrogens with zero attached hydrogens (tertiary/aromatic N) is 2. The minimum Gasteiger partial charge on any atom is -0.274 e. The van der Waals surface area contributed by atoms with Crippen LogP contribution in [0.3, 0.4) is 0 Å². The molecule has 1 aromatic rings. The van der Waals surface area contributed by atoms with Crippen molar-refractivity contribution < 1.29 is 14.0 Å². The highest BCUT2D eigenvalue weighted by molar-refractivity contribution is 5.93. The standard InChI is InChI=1S/C9H9FN2O3/c1-12(15-2)9(13)6-3-4-8(11-14)7(10)5-6/h3-5H,1-2H3. The lowest BCUT2D eigenvalue weighted by Gasteiger charge is -2.13. The van der Waals surface area contributed by atoms with Crippen molar-refractivity contribution in [3.63, 3.8) is 0 Å². The maximum Gasteiger partial charge on any atom is 0.277 e. The molecule has 0 heterocycles. The molecule has 80 valence electrons. The monoisotopic (exact) mass is 212 g/mol. The molecule has 0 aliphatic rings. The number of carbonyl (C=O) groups excluding carboxylic acids is 1. The van der Waals surface area contributed by atoms with Gasteiger partial charge in [-0.05, 0) is 23.4 Å². The Labute approximate surface area is 85.4 Å². The van der Waals surface area contributed by atoms with Crippen LogP contribution in [-0.4, -0.2) is 25.1 Å². The SMILES string of the molecule is CON(C)C(=O)c1ccc(N=O)c(F)c1. The average Bonchev–Trinajstić information content (AvgIpc) is 2.26. The minimum atomic E-state index is -0.833. The first-order valence-electron chi connectivity index (χ1n) is 4.05. The van der Waals surface area contributed by atoms with E-state index in [1.807, 2.05) is 0 Å². The molecule has 1 aromatic carbocycles. The highest BCUT2D eigenvalue weighted by Gasteiger charge is 2.13. The fourth-order valence-electron chi connectivity index (χ4n) is 0.979. The number of hydroxylamine groups is 2. The summed E-state index contributed by atoms with van der Waals surface area (Å²) in [4.78, 5) is 26.2. The van der Waals surface area contributed by atoms with E-state index >= 15 is 0 Å². The zero-order valence-electron chi connectivity index (χ0n) is 8.23. The molecule has 0 spiro atoms. The Hall–Kier alpha value is -1.82. The van der Waals surface area contributed by atoms with Crippen molar-refractivity contribution in [3.8, 4) is 0 Å². The molecule has 0 saturated heterocycles.